The Morgan fingerprint density at radius 1 is 0.840 bits per heavy atom. The number of methoxy groups -OCH3 is 3. The number of hydrogen-bond acceptors (Lipinski definition) is 6. The van der Waals surface area contributed by atoms with E-state index in [1.807, 2.05) is 42.5 Å². The minimum absolute atomic E-state index is 0.541. The van der Waals surface area contributed by atoms with E-state index >= 15 is 0 Å². The Bertz CT molecular complexity index is 829. The fourth-order valence-electron chi connectivity index (χ4n) is 2.48. The van der Waals surface area contributed by atoms with Crippen molar-refractivity contribution in [2.45, 2.75) is 0 Å². The Morgan fingerprint density at radius 2 is 1.52 bits per heavy atom. The summed E-state index contributed by atoms with van der Waals surface area (Å²) >= 11 is 0. The zero-order chi connectivity index (χ0) is 17.6. The normalized spacial score (nSPS) is 10.2. The smallest absolute Gasteiger partial charge is 0.203 e. The van der Waals surface area contributed by atoms with Gasteiger partial charge in [0.15, 0.2) is 11.5 Å². The molecule has 25 heavy (non-hydrogen) atoms. The van der Waals surface area contributed by atoms with Crippen LogP contribution in [0.25, 0.3) is 11.3 Å². The summed E-state index contributed by atoms with van der Waals surface area (Å²) in [7, 11) is 4.73. The van der Waals surface area contributed by atoms with Gasteiger partial charge < -0.3 is 19.5 Å². The van der Waals surface area contributed by atoms with Gasteiger partial charge in [-0.1, -0.05) is 30.3 Å². The molecule has 0 aliphatic rings. The molecule has 0 radical (unpaired) electrons. The van der Waals surface area contributed by atoms with Gasteiger partial charge in [-0.3, -0.25) is 4.98 Å². The lowest BCUT2D eigenvalue weighted by Crippen LogP contribution is -1.99. The van der Waals surface area contributed by atoms with Crippen molar-refractivity contribution in [1.29, 1.82) is 0 Å². The van der Waals surface area contributed by atoms with Crippen molar-refractivity contribution in [1.82, 2.24) is 9.97 Å². The maximum Gasteiger partial charge on any atom is 0.203 e. The molecule has 0 unspecified atom stereocenters. The average molecular weight is 337 g/mol. The number of nitrogens with zero attached hydrogens (tertiary/aromatic N) is 2. The molecule has 0 atom stereocenters. The van der Waals surface area contributed by atoms with Gasteiger partial charge in [-0.15, -0.1) is 0 Å². The minimum Gasteiger partial charge on any atom is -0.493 e. The number of aromatic nitrogens is 2. The number of rotatable bonds is 6. The van der Waals surface area contributed by atoms with E-state index in [9.17, 15) is 0 Å². The van der Waals surface area contributed by atoms with E-state index < -0.39 is 0 Å². The summed E-state index contributed by atoms with van der Waals surface area (Å²) in [4.78, 5) is 8.87. The molecule has 0 spiro atoms. The van der Waals surface area contributed by atoms with Crippen LogP contribution in [-0.2, 0) is 0 Å². The first-order valence-electron chi connectivity index (χ1n) is 7.69. The van der Waals surface area contributed by atoms with E-state index in [1.165, 1.54) is 0 Å². The summed E-state index contributed by atoms with van der Waals surface area (Å²) in [6, 6.07) is 13.5. The molecule has 0 saturated carbocycles. The highest BCUT2D eigenvalue weighted by molar-refractivity contribution is 5.67. The number of nitrogens with one attached hydrogen (secondary N) is 1. The first-order chi connectivity index (χ1) is 12.2. The number of ether oxygens (including phenoxy) is 3. The highest BCUT2D eigenvalue weighted by Gasteiger charge is 2.13. The van der Waals surface area contributed by atoms with Crippen molar-refractivity contribution in [2.75, 3.05) is 26.6 Å². The molecule has 0 aliphatic carbocycles. The predicted octanol–water partition coefficient (Wildman–Crippen LogP) is 3.91. The molecule has 0 amide bonds. The van der Waals surface area contributed by atoms with Crippen LogP contribution in [0.3, 0.4) is 0 Å². The van der Waals surface area contributed by atoms with Crippen molar-refractivity contribution in [2.24, 2.45) is 0 Å². The molecular weight excluding hydrogens is 318 g/mol. The van der Waals surface area contributed by atoms with Crippen LogP contribution in [-0.4, -0.2) is 31.3 Å². The molecule has 3 rings (SSSR count). The Balaban J connectivity index is 1.93. The van der Waals surface area contributed by atoms with Gasteiger partial charge in [0.05, 0.1) is 39.4 Å². The molecule has 6 heteroatoms. The van der Waals surface area contributed by atoms with Crippen molar-refractivity contribution >= 4 is 11.5 Å². The standard InChI is InChI=1S/C19H19N3O3/c1-23-16-9-14(10-17(24-2)19(16)25-3)21-18-12-20-11-15(22-18)13-7-5-4-6-8-13/h4-12H,1-3H3,(H,21,22). The Kier molecular flexibility index (Phi) is 4.99. The Morgan fingerprint density at radius 3 is 2.12 bits per heavy atom. The van der Waals surface area contributed by atoms with Crippen LogP contribution in [0.2, 0.25) is 0 Å². The van der Waals surface area contributed by atoms with Gasteiger partial charge >= 0.3 is 0 Å². The van der Waals surface area contributed by atoms with Crippen LogP contribution < -0.4 is 19.5 Å². The maximum absolute atomic E-state index is 5.37. The quantitative estimate of drug-likeness (QED) is 0.735. The van der Waals surface area contributed by atoms with Crippen LogP contribution in [0.5, 0.6) is 17.2 Å². The molecule has 0 aliphatic heterocycles. The molecule has 0 bridgehead atoms. The van der Waals surface area contributed by atoms with E-state index in [2.05, 4.69) is 15.3 Å². The van der Waals surface area contributed by atoms with Gasteiger partial charge in [-0.05, 0) is 0 Å². The van der Waals surface area contributed by atoms with Gasteiger partial charge in [-0.25, -0.2) is 4.98 Å². The molecule has 0 fully saturated rings. The molecule has 0 saturated heterocycles. The summed E-state index contributed by atoms with van der Waals surface area (Å²) < 4.78 is 16.1. The second-order valence-corrected chi connectivity index (χ2v) is 5.19. The van der Waals surface area contributed by atoms with Gasteiger partial charge in [0.2, 0.25) is 5.75 Å². The van der Waals surface area contributed by atoms with Gasteiger partial charge in [-0.2, -0.15) is 0 Å². The van der Waals surface area contributed by atoms with Gasteiger partial charge in [0.1, 0.15) is 5.82 Å². The topological polar surface area (TPSA) is 65.5 Å². The number of benzene rings is 2. The molecular formula is C19H19N3O3. The molecule has 2 aromatic carbocycles. The fourth-order valence-corrected chi connectivity index (χ4v) is 2.48. The first kappa shape index (κ1) is 16.6. The Labute approximate surface area is 146 Å². The molecule has 3 aromatic rings. The van der Waals surface area contributed by atoms with Crippen LogP contribution in [0.4, 0.5) is 11.5 Å². The molecule has 1 N–H and O–H groups in total. The lowest BCUT2D eigenvalue weighted by molar-refractivity contribution is 0.324. The van der Waals surface area contributed by atoms with Crippen molar-refractivity contribution in [3.8, 4) is 28.5 Å². The largest absolute Gasteiger partial charge is 0.493 e. The molecule has 1 heterocycles. The van der Waals surface area contributed by atoms with E-state index in [0.717, 1.165) is 16.9 Å². The van der Waals surface area contributed by atoms with Crippen LogP contribution in [0.1, 0.15) is 0 Å². The Hall–Kier alpha value is -3.28. The van der Waals surface area contributed by atoms with Crippen molar-refractivity contribution in [3.63, 3.8) is 0 Å². The first-order valence-corrected chi connectivity index (χ1v) is 7.69. The van der Waals surface area contributed by atoms with Gasteiger partial charge in [0, 0.05) is 23.4 Å². The van der Waals surface area contributed by atoms with E-state index in [0.29, 0.717) is 23.1 Å². The zero-order valence-electron chi connectivity index (χ0n) is 14.3. The predicted molar refractivity (Wildman–Crippen MR) is 96.8 cm³/mol. The van der Waals surface area contributed by atoms with Crippen LogP contribution >= 0.6 is 0 Å². The highest BCUT2D eigenvalue weighted by atomic mass is 16.5. The third-order valence-electron chi connectivity index (χ3n) is 3.64. The summed E-state index contributed by atoms with van der Waals surface area (Å²) in [5.74, 6) is 2.29. The summed E-state index contributed by atoms with van der Waals surface area (Å²) in [5, 5.41) is 3.23. The maximum atomic E-state index is 5.37. The summed E-state index contributed by atoms with van der Waals surface area (Å²) in [6.45, 7) is 0. The van der Waals surface area contributed by atoms with E-state index in [4.69, 9.17) is 14.2 Å². The third-order valence-corrected chi connectivity index (χ3v) is 3.64. The SMILES string of the molecule is COc1cc(Nc2cncc(-c3ccccc3)n2)cc(OC)c1OC. The number of hydrogen-bond donors (Lipinski definition) is 1. The number of anilines is 2. The van der Waals surface area contributed by atoms with Gasteiger partial charge in [0.25, 0.3) is 0 Å². The third kappa shape index (κ3) is 3.63. The lowest BCUT2D eigenvalue weighted by Gasteiger charge is -2.15. The minimum atomic E-state index is 0.541. The second-order valence-electron chi connectivity index (χ2n) is 5.19. The fraction of sp³-hybridized carbons (Fsp3) is 0.158. The summed E-state index contributed by atoms with van der Waals surface area (Å²) in [5.41, 5.74) is 2.55. The molecule has 128 valence electrons. The second kappa shape index (κ2) is 7.53. The monoisotopic (exact) mass is 337 g/mol. The van der Waals surface area contributed by atoms with Crippen molar-refractivity contribution < 1.29 is 14.2 Å². The summed E-state index contributed by atoms with van der Waals surface area (Å²) in [6.07, 6.45) is 3.39. The lowest BCUT2D eigenvalue weighted by atomic mass is 10.2. The molecule has 1 aromatic heterocycles. The van der Waals surface area contributed by atoms with Crippen LogP contribution in [0.15, 0.2) is 54.9 Å². The average Bonchev–Trinajstić information content (AvgIpc) is 2.68. The highest BCUT2D eigenvalue weighted by Crippen LogP contribution is 2.40. The van der Waals surface area contributed by atoms with E-state index in [1.54, 1.807) is 33.7 Å². The van der Waals surface area contributed by atoms with Crippen molar-refractivity contribution in [3.05, 3.63) is 54.9 Å². The van der Waals surface area contributed by atoms with Crippen LogP contribution in [0, 0.1) is 0 Å². The zero-order valence-corrected chi connectivity index (χ0v) is 14.3. The molecule has 6 nitrogen and oxygen atoms in total. The van der Waals surface area contributed by atoms with E-state index in [-0.39, 0.29) is 0 Å².